The maximum absolute atomic E-state index is 12.1. The van der Waals surface area contributed by atoms with Crippen LogP contribution >= 0.6 is 0 Å². The second-order valence-electron chi connectivity index (χ2n) is 6.85. The van der Waals surface area contributed by atoms with Crippen molar-refractivity contribution in [3.8, 4) is 5.75 Å². The Morgan fingerprint density at radius 2 is 1.61 bits per heavy atom. The minimum atomic E-state index is -0.468. The number of anilines is 1. The van der Waals surface area contributed by atoms with E-state index >= 15 is 0 Å². The predicted molar refractivity (Wildman–Crippen MR) is 105 cm³/mol. The van der Waals surface area contributed by atoms with Gasteiger partial charge in [0.25, 0.3) is 11.8 Å². The number of hydrogen-bond donors (Lipinski definition) is 3. The van der Waals surface area contributed by atoms with Gasteiger partial charge in [-0.05, 0) is 62.1 Å². The predicted octanol–water partition coefficient (Wildman–Crippen LogP) is 2.49. The zero-order valence-corrected chi connectivity index (χ0v) is 15.9. The van der Waals surface area contributed by atoms with E-state index in [0.717, 1.165) is 24.0 Å². The maximum atomic E-state index is 12.1. The topological polar surface area (TPSA) is 96.5 Å². The van der Waals surface area contributed by atoms with Crippen molar-refractivity contribution in [2.75, 3.05) is 11.9 Å². The van der Waals surface area contributed by atoms with Gasteiger partial charge < -0.3 is 10.1 Å². The van der Waals surface area contributed by atoms with Gasteiger partial charge in [0, 0.05) is 17.2 Å². The molecule has 1 fully saturated rings. The number of rotatable bonds is 6. The van der Waals surface area contributed by atoms with Gasteiger partial charge in [-0.25, -0.2) is 0 Å². The first kappa shape index (κ1) is 19.4. The molecule has 0 aliphatic heterocycles. The smallest absolute Gasteiger partial charge is 0.276 e. The quantitative estimate of drug-likeness (QED) is 0.670. The lowest BCUT2D eigenvalue weighted by Crippen LogP contribution is -2.43. The van der Waals surface area contributed by atoms with Crippen LogP contribution in [0.5, 0.6) is 5.75 Å². The van der Waals surface area contributed by atoms with E-state index in [-0.39, 0.29) is 18.4 Å². The van der Waals surface area contributed by atoms with Crippen LogP contribution < -0.4 is 20.9 Å². The fourth-order valence-electron chi connectivity index (χ4n) is 2.69. The van der Waals surface area contributed by atoms with Gasteiger partial charge in [-0.2, -0.15) is 0 Å². The Morgan fingerprint density at radius 3 is 2.21 bits per heavy atom. The van der Waals surface area contributed by atoms with Crippen molar-refractivity contribution in [3.63, 3.8) is 0 Å². The molecule has 0 aromatic heterocycles. The van der Waals surface area contributed by atoms with Crippen molar-refractivity contribution in [1.82, 2.24) is 10.9 Å². The molecule has 0 unspecified atom stereocenters. The average Bonchev–Trinajstić information content (AvgIpc) is 3.51. The fraction of sp³-hybridized carbons (Fsp3) is 0.286. The first-order valence-corrected chi connectivity index (χ1v) is 9.13. The molecule has 0 radical (unpaired) electrons. The number of aryl methyl sites for hydroxylation is 2. The molecule has 146 valence electrons. The van der Waals surface area contributed by atoms with Crippen molar-refractivity contribution in [3.05, 3.63) is 59.2 Å². The lowest BCUT2D eigenvalue weighted by Gasteiger charge is -2.12. The Labute approximate surface area is 163 Å². The number of hydrazine groups is 1. The summed E-state index contributed by atoms with van der Waals surface area (Å²) in [4.78, 5) is 35.8. The number of carbonyl (C=O) groups excluding carboxylic acids is 3. The van der Waals surface area contributed by atoms with Gasteiger partial charge in [0.15, 0.2) is 6.61 Å². The summed E-state index contributed by atoms with van der Waals surface area (Å²) in [6, 6.07) is 12.2. The number of benzene rings is 2. The molecule has 3 N–H and O–H groups in total. The van der Waals surface area contributed by atoms with Crippen molar-refractivity contribution < 1.29 is 19.1 Å². The van der Waals surface area contributed by atoms with E-state index in [1.54, 1.807) is 24.3 Å². The fourth-order valence-corrected chi connectivity index (χ4v) is 2.69. The highest BCUT2D eigenvalue weighted by Gasteiger charge is 2.29. The molecule has 28 heavy (non-hydrogen) atoms. The van der Waals surface area contributed by atoms with Crippen LogP contribution in [0, 0.1) is 19.8 Å². The van der Waals surface area contributed by atoms with Crippen molar-refractivity contribution >= 4 is 23.4 Å². The van der Waals surface area contributed by atoms with E-state index in [1.807, 2.05) is 32.0 Å². The number of nitrogens with one attached hydrogen (secondary N) is 3. The third-order valence-electron chi connectivity index (χ3n) is 4.43. The third kappa shape index (κ3) is 5.09. The van der Waals surface area contributed by atoms with Gasteiger partial charge in [-0.3, -0.25) is 25.2 Å². The van der Waals surface area contributed by atoms with E-state index in [9.17, 15) is 14.4 Å². The summed E-state index contributed by atoms with van der Waals surface area (Å²) in [5.74, 6) is -0.144. The summed E-state index contributed by atoms with van der Waals surface area (Å²) in [6.45, 7) is 3.59. The number of para-hydroxylation sites is 1. The number of amides is 3. The zero-order chi connectivity index (χ0) is 20.1. The molecule has 3 amide bonds. The molecule has 1 aliphatic carbocycles. The van der Waals surface area contributed by atoms with Crippen LogP contribution in [0.3, 0.4) is 0 Å². The Kier molecular flexibility index (Phi) is 5.93. The minimum absolute atomic E-state index is 0.00774. The number of ether oxygens (including phenoxy) is 1. The van der Waals surface area contributed by atoms with Gasteiger partial charge in [0.1, 0.15) is 5.75 Å². The van der Waals surface area contributed by atoms with Gasteiger partial charge >= 0.3 is 0 Å². The van der Waals surface area contributed by atoms with Crippen LogP contribution in [-0.2, 0) is 9.59 Å². The molecule has 2 aromatic carbocycles. The Bertz CT molecular complexity index is 869. The molecular weight excluding hydrogens is 358 g/mol. The van der Waals surface area contributed by atoms with E-state index in [2.05, 4.69) is 16.2 Å². The summed E-state index contributed by atoms with van der Waals surface area (Å²) in [5, 5.41) is 2.80. The van der Waals surface area contributed by atoms with Gasteiger partial charge in [-0.1, -0.05) is 18.2 Å². The Balaban J connectivity index is 1.45. The highest BCUT2D eigenvalue weighted by Crippen LogP contribution is 2.30. The van der Waals surface area contributed by atoms with Crippen LogP contribution in [0.25, 0.3) is 0 Å². The van der Waals surface area contributed by atoms with Gasteiger partial charge in [-0.15, -0.1) is 0 Å². The van der Waals surface area contributed by atoms with Gasteiger partial charge in [0.05, 0.1) is 0 Å². The molecule has 7 heteroatoms. The first-order valence-electron chi connectivity index (χ1n) is 9.13. The standard InChI is InChI=1S/C21H23N3O4/c1-13-4-3-5-14(2)19(13)28-12-18(25)23-24-21(27)16-8-10-17(11-9-16)22-20(26)15-6-7-15/h3-5,8-11,15H,6-7,12H2,1-2H3,(H,22,26)(H,23,25)(H,24,27). The molecule has 2 aromatic rings. The monoisotopic (exact) mass is 381 g/mol. The number of hydrogen-bond acceptors (Lipinski definition) is 4. The Morgan fingerprint density at radius 1 is 0.964 bits per heavy atom. The van der Waals surface area contributed by atoms with Crippen LogP contribution in [0.15, 0.2) is 42.5 Å². The summed E-state index contributed by atoms with van der Waals surface area (Å²) in [6.07, 6.45) is 1.86. The van der Waals surface area contributed by atoms with Crippen LogP contribution in [0.2, 0.25) is 0 Å². The SMILES string of the molecule is Cc1cccc(C)c1OCC(=O)NNC(=O)c1ccc(NC(=O)C2CC2)cc1. The van der Waals surface area contributed by atoms with Crippen LogP contribution in [-0.4, -0.2) is 24.3 Å². The molecule has 0 heterocycles. The maximum Gasteiger partial charge on any atom is 0.276 e. The van der Waals surface area contributed by atoms with E-state index in [4.69, 9.17) is 4.74 Å². The van der Waals surface area contributed by atoms with Gasteiger partial charge in [0.2, 0.25) is 5.91 Å². The lowest BCUT2D eigenvalue weighted by molar-refractivity contribution is -0.123. The summed E-state index contributed by atoms with van der Waals surface area (Å²) in [5.41, 5.74) is 7.55. The van der Waals surface area contributed by atoms with Crippen LogP contribution in [0.4, 0.5) is 5.69 Å². The molecule has 0 spiro atoms. The highest BCUT2D eigenvalue weighted by atomic mass is 16.5. The van der Waals surface area contributed by atoms with Crippen molar-refractivity contribution in [2.45, 2.75) is 26.7 Å². The Hall–Kier alpha value is -3.35. The molecule has 0 saturated heterocycles. The van der Waals surface area contributed by atoms with E-state index in [0.29, 0.717) is 17.0 Å². The first-order chi connectivity index (χ1) is 13.4. The largest absolute Gasteiger partial charge is 0.483 e. The van der Waals surface area contributed by atoms with E-state index in [1.165, 1.54) is 0 Å². The van der Waals surface area contributed by atoms with Crippen molar-refractivity contribution in [1.29, 1.82) is 0 Å². The second kappa shape index (κ2) is 8.56. The summed E-state index contributed by atoms with van der Waals surface area (Å²) in [7, 11) is 0. The summed E-state index contributed by atoms with van der Waals surface area (Å²) < 4.78 is 5.54. The van der Waals surface area contributed by atoms with Crippen LogP contribution in [0.1, 0.15) is 34.3 Å². The molecule has 0 atom stereocenters. The molecule has 1 saturated carbocycles. The van der Waals surface area contributed by atoms with E-state index < -0.39 is 11.8 Å². The molecule has 1 aliphatic rings. The van der Waals surface area contributed by atoms with Crippen molar-refractivity contribution in [2.24, 2.45) is 5.92 Å². The minimum Gasteiger partial charge on any atom is -0.483 e. The molecule has 7 nitrogen and oxygen atoms in total. The molecule has 0 bridgehead atoms. The number of carbonyl (C=O) groups is 3. The molecular formula is C21H23N3O4. The lowest BCUT2D eigenvalue weighted by atomic mass is 10.1. The highest BCUT2D eigenvalue weighted by molar-refractivity contribution is 5.97. The normalized spacial score (nSPS) is 12.8. The third-order valence-corrected chi connectivity index (χ3v) is 4.43. The average molecular weight is 381 g/mol. The second-order valence-corrected chi connectivity index (χ2v) is 6.85. The molecule has 3 rings (SSSR count). The zero-order valence-electron chi connectivity index (χ0n) is 15.9. The summed E-state index contributed by atoms with van der Waals surface area (Å²) >= 11 is 0.